The second-order valence-electron chi connectivity index (χ2n) is 4.12. The van der Waals surface area contributed by atoms with Crippen molar-refractivity contribution in [1.29, 1.82) is 0 Å². The molecule has 0 aliphatic heterocycles. The van der Waals surface area contributed by atoms with Crippen molar-refractivity contribution >= 4 is 11.9 Å². The Bertz CT molecular complexity index is 429. The lowest BCUT2D eigenvalue weighted by Crippen LogP contribution is -2.45. The van der Waals surface area contributed by atoms with E-state index < -0.39 is 17.4 Å². The number of aliphatic hydroxyl groups is 1. The van der Waals surface area contributed by atoms with Crippen molar-refractivity contribution in [2.24, 2.45) is 0 Å². The van der Waals surface area contributed by atoms with Gasteiger partial charge in [0.05, 0.1) is 6.61 Å². The molecule has 1 aromatic carbocycles. The molecule has 0 aliphatic rings. The van der Waals surface area contributed by atoms with Gasteiger partial charge in [-0.25, -0.2) is 0 Å². The molecule has 2 N–H and O–H groups in total. The van der Waals surface area contributed by atoms with E-state index in [0.29, 0.717) is 5.56 Å². The molecule has 0 saturated heterocycles. The van der Waals surface area contributed by atoms with Gasteiger partial charge in [-0.3, -0.25) is 9.59 Å². The molecule has 0 radical (unpaired) electrons. The molecule has 0 saturated carbocycles. The first-order chi connectivity index (χ1) is 9.09. The molecule has 5 heteroatoms. The molecule has 104 valence electrons. The lowest BCUT2D eigenvalue weighted by atomic mass is 9.76. The van der Waals surface area contributed by atoms with Crippen molar-refractivity contribution < 1.29 is 24.5 Å². The van der Waals surface area contributed by atoms with Gasteiger partial charge in [0, 0.05) is 6.61 Å². The molecular weight excluding hydrogens is 248 g/mol. The van der Waals surface area contributed by atoms with Crippen molar-refractivity contribution in [2.45, 2.75) is 25.2 Å². The lowest BCUT2D eigenvalue weighted by molar-refractivity contribution is -0.162. The minimum atomic E-state index is -1.75. The smallest absolute Gasteiger partial charge is 0.328 e. The van der Waals surface area contributed by atoms with Crippen LogP contribution in [0.3, 0.4) is 0 Å². The molecule has 1 atom stereocenters. The summed E-state index contributed by atoms with van der Waals surface area (Å²) in [5, 5.41) is 18.4. The first kappa shape index (κ1) is 15.2. The molecule has 1 aromatic rings. The summed E-state index contributed by atoms with van der Waals surface area (Å²) >= 11 is 0. The Balaban J connectivity index is 3.27. The Hall–Kier alpha value is -1.88. The quantitative estimate of drug-likeness (QED) is 0.575. The molecule has 0 bridgehead atoms. The number of aliphatic carboxylic acids is 1. The minimum Gasteiger partial charge on any atom is -0.480 e. The van der Waals surface area contributed by atoms with E-state index in [9.17, 15) is 14.7 Å². The normalized spacial score (nSPS) is 13.6. The van der Waals surface area contributed by atoms with Gasteiger partial charge in [-0.1, -0.05) is 30.3 Å². The lowest BCUT2D eigenvalue weighted by Gasteiger charge is -2.27. The van der Waals surface area contributed by atoms with Gasteiger partial charge in [-0.15, -0.1) is 0 Å². The fraction of sp³-hybridized carbons (Fsp3) is 0.429. The molecule has 0 fully saturated rings. The van der Waals surface area contributed by atoms with E-state index in [0.717, 1.165) is 0 Å². The van der Waals surface area contributed by atoms with Crippen LogP contribution in [0.25, 0.3) is 0 Å². The summed E-state index contributed by atoms with van der Waals surface area (Å²) < 4.78 is 4.92. The van der Waals surface area contributed by atoms with Crippen LogP contribution in [0.4, 0.5) is 0 Å². The highest BCUT2D eigenvalue weighted by molar-refractivity contribution is 6.05. The predicted molar refractivity (Wildman–Crippen MR) is 68.7 cm³/mol. The Morgan fingerprint density at radius 3 is 2.37 bits per heavy atom. The number of hydrogen-bond acceptors (Lipinski definition) is 4. The van der Waals surface area contributed by atoms with Gasteiger partial charge >= 0.3 is 11.9 Å². The van der Waals surface area contributed by atoms with Gasteiger partial charge in [-0.2, -0.15) is 0 Å². The summed E-state index contributed by atoms with van der Waals surface area (Å²) in [5.74, 6) is -2.05. The summed E-state index contributed by atoms with van der Waals surface area (Å²) in [7, 11) is 0. The van der Waals surface area contributed by atoms with E-state index in [1.54, 1.807) is 37.3 Å². The van der Waals surface area contributed by atoms with Crippen LogP contribution in [-0.2, 0) is 19.7 Å². The SMILES string of the molecule is CCOC(=O)C(CCCO)(C(=O)O)c1ccccc1. The monoisotopic (exact) mass is 266 g/mol. The van der Waals surface area contributed by atoms with Gasteiger partial charge in [-0.05, 0) is 25.3 Å². The number of aliphatic hydroxyl groups excluding tert-OH is 1. The van der Waals surface area contributed by atoms with Gasteiger partial charge < -0.3 is 14.9 Å². The van der Waals surface area contributed by atoms with E-state index in [4.69, 9.17) is 9.84 Å². The predicted octanol–water partition coefficient (Wildman–Crippen LogP) is 1.34. The number of carboxylic acid groups (broad SMARTS) is 1. The highest BCUT2D eigenvalue weighted by atomic mass is 16.5. The fourth-order valence-electron chi connectivity index (χ4n) is 2.00. The zero-order valence-electron chi connectivity index (χ0n) is 10.8. The van der Waals surface area contributed by atoms with Crippen molar-refractivity contribution in [3.05, 3.63) is 35.9 Å². The van der Waals surface area contributed by atoms with Crippen molar-refractivity contribution in [2.75, 3.05) is 13.2 Å². The molecule has 19 heavy (non-hydrogen) atoms. The average molecular weight is 266 g/mol. The van der Waals surface area contributed by atoms with E-state index in [1.165, 1.54) is 0 Å². The summed E-state index contributed by atoms with van der Waals surface area (Å²) in [4.78, 5) is 23.8. The number of rotatable bonds is 7. The van der Waals surface area contributed by atoms with E-state index >= 15 is 0 Å². The van der Waals surface area contributed by atoms with Crippen molar-refractivity contribution in [3.63, 3.8) is 0 Å². The van der Waals surface area contributed by atoms with Crippen LogP contribution >= 0.6 is 0 Å². The van der Waals surface area contributed by atoms with Gasteiger partial charge in [0.2, 0.25) is 0 Å². The van der Waals surface area contributed by atoms with Crippen LogP contribution < -0.4 is 0 Å². The fourth-order valence-corrected chi connectivity index (χ4v) is 2.00. The number of esters is 1. The Morgan fingerprint density at radius 2 is 1.89 bits per heavy atom. The third-order valence-corrected chi connectivity index (χ3v) is 2.97. The second-order valence-corrected chi connectivity index (χ2v) is 4.12. The van der Waals surface area contributed by atoms with E-state index in [1.807, 2.05) is 0 Å². The number of hydrogen-bond donors (Lipinski definition) is 2. The molecule has 0 aliphatic carbocycles. The van der Waals surface area contributed by atoms with Crippen LogP contribution in [-0.4, -0.2) is 35.4 Å². The molecular formula is C14H18O5. The topological polar surface area (TPSA) is 83.8 Å². The first-order valence-corrected chi connectivity index (χ1v) is 6.16. The minimum absolute atomic E-state index is 0.00167. The largest absolute Gasteiger partial charge is 0.480 e. The zero-order chi connectivity index (χ0) is 14.3. The van der Waals surface area contributed by atoms with E-state index in [-0.39, 0.29) is 26.1 Å². The standard InChI is InChI=1S/C14H18O5/c1-2-19-13(18)14(12(16)17,9-6-10-15)11-7-4-3-5-8-11/h3-5,7-8,15H,2,6,9-10H2,1H3,(H,16,17). The summed E-state index contributed by atoms with van der Waals surface area (Å²) in [6.07, 6.45) is 0.210. The van der Waals surface area contributed by atoms with Crippen LogP contribution in [0.1, 0.15) is 25.3 Å². The maximum absolute atomic E-state index is 12.1. The maximum atomic E-state index is 12.1. The second kappa shape index (κ2) is 6.89. The summed E-state index contributed by atoms with van der Waals surface area (Å²) in [6.45, 7) is 1.56. The molecule has 0 spiro atoms. The number of benzene rings is 1. The maximum Gasteiger partial charge on any atom is 0.328 e. The molecule has 0 aromatic heterocycles. The molecule has 0 heterocycles. The van der Waals surface area contributed by atoms with Crippen LogP contribution in [0.15, 0.2) is 30.3 Å². The van der Waals surface area contributed by atoms with Gasteiger partial charge in [0.1, 0.15) is 0 Å². The zero-order valence-corrected chi connectivity index (χ0v) is 10.8. The van der Waals surface area contributed by atoms with E-state index in [2.05, 4.69) is 0 Å². The number of carbonyl (C=O) groups is 2. The highest BCUT2D eigenvalue weighted by Gasteiger charge is 2.48. The van der Waals surface area contributed by atoms with Crippen LogP contribution in [0.2, 0.25) is 0 Å². The number of ether oxygens (including phenoxy) is 1. The first-order valence-electron chi connectivity index (χ1n) is 6.16. The summed E-state index contributed by atoms with van der Waals surface area (Å²) in [6, 6.07) is 8.26. The third kappa shape index (κ3) is 3.12. The van der Waals surface area contributed by atoms with Crippen molar-refractivity contribution in [1.82, 2.24) is 0 Å². The van der Waals surface area contributed by atoms with Crippen LogP contribution in [0, 0.1) is 0 Å². The third-order valence-electron chi connectivity index (χ3n) is 2.97. The highest BCUT2D eigenvalue weighted by Crippen LogP contribution is 2.31. The summed E-state index contributed by atoms with van der Waals surface area (Å²) in [5.41, 5.74) is -1.38. The average Bonchev–Trinajstić information content (AvgIpc) is 2.41. The molecule has 1 rings (SSSR count). The number of carbonyl (C=O) groups excluding carboxylic acids is 1. The molecule has 1 unspecified atom stereocenters. The van der Waals surface area contributed by atoms with Gasteiger partial charge in [0.15, 0.2) is 5.41 Å². The Morgan fingerprint density at radius 1 is 1.26 bits per heavy atom. The molecule has 0 amide bonds. The van der Waals surface area contributed by atoms with Crippen molar-refractivity contribution in [3.8, 4) is 0 Å². The number of carboxylic acids is 1. The Labute approximate surface area is 111 Å². The Kier molecular flexibility index (Phi) is 5.51. The van der Waals surface area contributed by atoms with Gasteiger partial charge in [0.25, 0.3) is 0 Å². The molecule has 5 nitrogen and oxygen atoms in total. The van der Waals surface area contributed by atoms with Crippen LogP contribution in [0.5, 0.6) is 0 Å².